The van der Waals surface area contributed by atoms with E-state index in [4.69, 9.17) is 0 Å². The van der Waals surface area contributed by atoms with Gasteiger partial charge in [0.25, 0.3) is 5.91 Å². The van der Waals surface area contributed by atoms with E-state index >= 15 is 0 Å². The van der Waals surface area contributed by atoms with Crippen molar-refractivity contribution in [2.24, 2.45) is 5.92 Å². The first-order valence-corrected chi connectivity index (χ1v) is 7.06. The van der Waals surface area contributed by atoms with E-state index in [0.29, 0.717) is 12.2 Å². The van der Waals surface area contributed by atoms with Crippen molar-refractivity contribution >= 4 is 16.8 Å². The number of fused-ring (bicyclic) bond motifs is 1. The second-order valence-corrected chi connectivity index (χ2v) is 5.36. The zero-order chi connectivity index (χ0) is 13.9. The second kappa shape index (κ2) is 5.59. The largest absolute Gasteiger partial charge is 0.393 e. The molecule has 0 spiro atoms. The number of nitrogens with zero attached hydrogens (tertiary/aromatic N) is 1. The van der Waals surface area contributed by atoms with Gasteiger partial charge in [-0.05, 0) is 25.0 Å². The molecular formula is C16H18N2O2. The number of carbonyl (C=O) groups is 1. The van der Waals surface area contributed by atoms with Crippen molar-refractivity contribution in [1.82, 2.24) is 10.3 Å². The summed E-state index contributed by atoms with van der Waals surface area (Å²) in [5.41, 5.74) is 1.25. The molecule has 1 aliphatic carbocycles. The average Bonchev–Trinajstić information content (AvgIpc) is 2.89. The molecule has 3 rings (SSSR count). The standard InChI is InChI=1S/C16H18N2O2/c19-15-7-3-5-12(15)10-17-16(20)14-9-8-11-4-1-2-6-13(11)18-14/h1-2,4,6,8-9,12,15,19H,3,5,7,10H2,(H,17,20). The van der Waals surface area contributed by atoms with Gasteiger partial charge in [-0.25, -0.2) is 4.98 Å². The lowest BCUT2D eigenvalue weighted by atomic mass is 10.1. The molecule has 0 bridgehead atoms. The van der Waals surface area contributed by atoms with E-state index < -0.39 is 0 Å². The van der Waals surface area contributed by atoms with Gasteiger partial charge in [0.2, 0.25) is 0 Å². The van der Waals surface area contributed by atoms with E-state index in [1.165, 1.54) is 0 Å². The first-order chi connectivity index (χ1) is 9.74. The Kier molecular flexibility index (Phi) is 3.65. The van der Waals surface area contributed by atoms with Crippen molar-refractivity contribution in [3.8, 4) is 0 Å². The maximum Gasteiger partial charge on any atom is 0.269 e. The van der Waals surface area contributed by atoms with Gasteiger partial charge in [0.05, 0.1) is 11.6 Å². The Labute approximate surface area is 117 Å². The normalized spacial score (nSPS) is 22.1. The molecule has 1 aromatic carbocycles. The zero-order valence-corrected chi connectivity index (χ0v) is 11.2. The van der Waals surface area contributed by atoms with E-state index in [-0.39, 0.29) is 17.9 Å². The number of hydrogen-bond acceptors (Lipinski definition) is 3. The van der Waals surface area contributed by atoms with E-state index in [2.05, 4.69) is 10.3 Å². The van der Waals surface area contributed by atoms with E-state index in [1.807, 2.05) is 30.3 Å². The number of amides is 1. The smallest absolute Gasteiger partial charge is 0.269 e. The summed E-state index contributed by atoms with van der Waals surface area (Å²) in [6.07, 6.45) is 2.58. The lowest BCUT2D eigenvalue weighted by molar-refractivity contribution is 0.0912. The van der Waals surface area contributed by atoms with Crippen molar-refractivity contribution in [1.29, 1.82) is 0 Å². The summed E-state index contributed by atoms with van der Waals surface area (Å²) in [7, 11) is 0. The molecule has 2 N–H and O–H groups in total. The van der Waals surface area contributed by atoms with Crippen LogP contribution in [0.4, 0.5) is 0 Å². The fraction of sp³-hybridized carbons (Fsp3) is 0.375. The van der Waals surface area contributed by atoms with E-state index in [9.17, 15) is 9.90 Å². The van der Waals surface area contributed by atoms with Gasteiger partial charge in [-0.2, -0.15) is 0 Å². The van der Waals surface area contributed by atoms with Gasteiger partial charge in [0, 0.05) is 17.8 Å². The SMILES string of the molecule is O=C(NCC1CCCC1O)c1ccc2ccccc2n1. The van der Waals surface area contributed by atoms with Crippen LogP contribution in [0.25, 0.3) is 10.9 Å². The van der Waals surface area contributed by atoms with Crippen LogP contribution in [0.5, 0.6) is 0 Å². The number of aliphatic hydroxyl groups is 1. The zero-order valence-electron chi connectivity index (χ0n) is 11.2. The number of pyridine rings is 1. The van der Waals surface area contributed by atoms with Crippen LogP contribution in [0.3, 0.4) is 0 Å². The number of aromatic nitrogens is 1. The van der Waals surface area contributed by atoms with Crippen LogP contribution in [-0.4, -0.2) is 28.6 Å². The number of nitrogens with one attached hydrogen (secondary N) is 1. The van der Waals surface area contributed by atoms with Crippen LogP contribution >= 0.6 is 0 Å². The number of para-hydroxylation sites is 1. The third kappa shape index (κ3) is 2.65. The molecule has 0 radical (unpaired) electrons. The predicted molar refractivity (Wildman–Crippen MR) is 77.4 cm³/mol. The van der Waals surface area contributed by atoms with Gasteiger partial charge in [-0.15, -0.1) is 0 Å². The molecule has 2 atom stereocenters. The van der Waals surface area contributed by atoms with Crippen molar-refractivity contribution in [3.05, 3.63) is 42.1 Å². The van der Waals surface area contributed by atoms with Crippen molar-refractivity contribution in [3.63, 3.8) is 0 Å². The van der Waals surface area contributed by atoms with Crippen LogP contribution in [0.1, 0.15) is 29.8 Å². The Hall–Kier alpha value is -1.94. The average molecular weight is 270 g/mol. The van der Waals surface area contributed by atoms with Gasteiger partial charge in [0.15, 0.2) is 0 Å². The first kappa shape index (κ1) is 13.1. The summed E-state index contributed by atoms with van der Waals surface area (Å²) >= 11 is 0. The predicted octanol–water partition coefficient (Wildman–Crippen LogP) is 2.13. The molecule has 4 nitrogen and oxygen atoms in total. The van der Waals surface area contributed by atoms with Crippen LogP contribution in [0.2, 0.25) is 0 Å². The highest BCUT2D eigenvalue weighted by molar-refractivity contribution is 5.94. The topological polar surface area (TPSA) is 62.2 Å². The molecule has 1 aliphatic rings. The Bertz CT molecular complexity index is 627. The number of hydrogen-bond donors (Lipinski definition) is 2. The van der Waals surface area contributed by atoms with Crippen LogP contribution in [0.15, 0.2) is 36.4 Å². The molecule has 1 aromatic heterocycles. The fourth-order valence-corrected chi connectivity index (χ4v) is 2.76. The van der Waals surface area contributed by atoms with Crippen molar-refractivity contribution in [2.75, 3.05) is 6.54 Å². The molecule has 104 valence electrons. The van der Waals surface area contributed by atoms with Gasteiger partial charge in [-0.1, -0.05) is 30.7 Å². The summed E-state index contributed by atoms with van der Waals surface area (Å²) in [4.78, 5) is 16.5. The fourth-order valence-electron chi connectivity index (χ4n) is 2.76. The summed E-state index contributed by atoms with van der Waals surface area (Å²) in [5, 5.41) is 13.6. The van der Waals surface area contributed by atoms with Crippen molar-refractivity contribution < 1.29 is 9.90 Å². The van der Waals surface area contributed by atoms with Crippen LogP contribution in [-0.2, 0) is 0 Å². The highest BCUT2D eigenvalue weighted by atomic mass is 16.3. The number of carbonyl (C=O) groups excluding carboxylic acids is 1. The molecular weight excluding hydrogens is 252 g/mol. The molecule has 1 heterocycles. The Morgan fingerprint density at radius 2 is 2.10 bits per heavy atom. The van der Waals surface area contributed by atoms with Gasteiger partial charge in [-0.3, -0.25) is 4.79 Å². The van der Waals surface area contributed by atoms with Gasteiger partial charge < -0.3 is 10.4 Å². The highest BCUT2D eigenvalue weighted by Gasteiger charge is 2.25. The Morgan fingerprint density at radius 3 is 2.90 bits per heavy atom. The maximum absolute atomic E-state index is 12.1. The maximum atomic E-state index is 12.1. The summed E-state index contributed by atoms with van der Waals surface area (Å²) in [6, 6.07) is 11.4. The molecule has 1 saturated carbocycles. The van der Waals surface area contributed by atoms with E-state index in [1.54, 1.807) is 6.07 Å². The quantitative estimate of drug-likeness (QED) is 0.898. The summed E-state index contributed by atoms with van der Waals surface area (Å²) in [5.74, 6) is 0.00857. The van der Waals surface area contributed by atoms with Crippen LogP contribution in [0, 0.1) is 5.92 Å². The summed E-state index contributed by atoms with van der Waals surface area (Å²) < 4.78 is 0. The monoisotopic (exact) mass is 270 g/mol. The Morgan fingerprint density at radius 1 is 1.25 bits per heavy atom. The minimum absolute atomic E-state index is 0.171. The van der Waals surface area contributed by atoms with Crippen molar-refractivity contribution in [2.45, 2.75) is 25.4 Å². The molecule has 4 heteroatoms. The Balaban J connectivity index is 1.69. The highest BCUT2D eigenvalue weighted by Crippen LogP contribution is 2.24. The third-order valence-corrected chi connectivity index (χ3v) is 3.97. The minimum Gasteiger partial charge on any atom is -0.393 e. The number of aliphatic hydroxyl groups excluding tert-OH is 1. The molecule has 20 heavy (non-hydrogen) atoms. The lowest BCUT2D eigenvalue weighted by Crippen LogP contribution is -2.32. The second-order valence-electron chi connectivity index (χ2n) is 5.36. The summed E-state index contributed by atoms with van der Waals surface area (Å²) in [6.45, 7) is 0.522. The first-order valence-electron chi connectivity index (χ1n) is 7.06. The molecule has 2 aromatic rings. The van der Waals surface area contributed by atoms with E-state index in [0.717, 1.165) is 30.2 Å². The molecule has 1 fully saturated rings. The lowest BCUT2D eigenvalue weighted by Gasteiger charge is -2.14. The molecule has 2 unspecified atom stereocenters. The van der Waals surface area contributed by atoms with Gasteiger partial charge >= 0.3 is 0 Å². The third-order valence-electron chi connectivity index (χ3n) is 3.97. The molecule has 0 aliphatic heterocycles. The number of rotatable bonds is 3. The molecule has 1 amide bonds. The van der Waals surface area contributed by atoms with Gasteiger partial charge in [0.1, 0.15) is 5.69 Å². The number of benzene rings is 1. The molecule has 0 saturated heterocycles. The van der Waals surface area contributed by atoms with Crippen LogP contribution < -0.4 is 5.32 Å². The minimum atomic E-state index is -0.278.